The summed E-state index contributed by atoms with van der Waals surface area (Å²) in [6, 6.07) is 0. The number of amides is 1. The molecule has 0 heterocycles. The molecular weight excluding hydrogens is 526 g/mol. The van der Waals surface area contributed by atoms with Crippen LogP contribution in [-0.4, -0.2) is 49.0 Å². The lowest BCUT2D eigenvalue weighted by Crippen LogP contribution is -2.30. The SMILES string of the molecule is CCCCCC/C=C\COC(=O)CCCCCCCN(CCCCCCCC(=O)OC/C=C\CCCCCC)C(C)=O. The van der Waals surface area contributed by atoms with Crippen LogP contribution in [0.3, 0.4) is 0 Å². The molecule has 42 heavy (non-hydrogen) atoms. The highest BCUT2D eigenvalue weighted by molar-refractivity contribution is 5.73. The molecule has 0 N–H and O–H groups in total. The summed E-state index contributed by atoms with van der Waals surface area (Å²) in [5.74, 6) is -0.0698. The van der Waals surface area contributed by atoms with Gasteiger partial charge in [0.1, 0.15) is 13.2 Å². The Bertz CT molecular complexity index is 651. The molecule has 0 saturated carbocycles. The Hall–Kier alpha value is -2.11. The molecule has 1 amide bonds. The lowest BCUT2D eigenvalue weighted by molar-refractivity contribution is -0.143. The predicted molar refractivity (Wildman–Crippen MR) is 175 cm³/mol. The van der Waals surface area contributed by atoms with Crippen molar-refractivity contribution in [1.82, 2.24) is 4.90 Å². The van der Waals surface area contributed by atoms with Crippen LogP contribution >= 0.6 is 0 Å². The van der Waals surface area contributed by atoms with E-state index in [2.05, 4.69) is 26.0 Å². The second-order valence-electron chi connectivity index (χ2n) is 11.5. The van der Waals surface area contributed by atoms with E-state index in [0.29, 0.717) is 26.1 Å². The van der Waals surface area contributed by atoms with E-state index in [9.17, 15) is 14.4 Å². The van der Waals surface area contributed by atoms with Crippen LogP contribution in [0.2, 0.25) is 0 Å². The summed E-state index contributed by atoms with van der Waals surface area (Å²) in [6.07, 6.45) is 31.4. The van der Waals surface area contributed by atoms with E-state index in [0.717, 1.165) is 90.1 Å². The fraction of sp³-hybridized carbons (Fsp3) is 0.806. The smallest absolute Gasteiger partial charge is 0.306 e. The van der Waals surface area contributed by atoms with Crippen molar-refractivity contribution in [2.75, 3.05) is 26.3 Å². The van der Waals surface area contributed by atoms with Crippen LogP contribution < -0.4 is 0 Å². The first kappa shape index (κ1) is 39.9. The van der Waals surface area contributed by atoms with Gasteiger partial charge < -0.3 is 14.4 Å². The number of carbonyl (C=O) groups excluding carboxylic acids is 3. The van der Waals surface area contributed by atoms with Gasteiger partial charge in [-0.2, -0.15) is 0 Å². The van der Waals surface area contributed by atoms with Gasteiger partial charge in [-0.3, -0.25) is 14.4 Å². The molecule has 0 spiro atoms. The Morgan fingerprint density at radius 2 is 0.881 bits per heavy atom. The first-order chi connectivity index (χ1) is 20.5. The molecule has 6 nitrogen and oxygen atoms in total. The van der Waals surface area contributed by atoms with Crippen molar-refractivity contribution in [2.24, 2.45) is 0 Å². The number of esters is 2. The number of rotatable bonds is 30. The summed E-state index contributed by atoms with van der Waals surface area (Å²) < 4.78 is 10.5. The molecule has 0 aliphatic heterocycles. The molecule has 6 heteroatoms. The first-order valence-corrected chi connectivity index (χ1v) is 17.4. The molecule has 0 aliphatic carbocycles. The molecule has 0 unspecified atom stereocenters. The largest absolute Gasteiger partial charge is 0.461 e. The van der Waals surface area contributed by atoms with E-state index >= 15 is 0 Å². The third-order valence-electron chi connectivity index (χ3n) is 7.53. The van der Waals surface area contributed by atoms with Gasteiger partial charge in [0.2, 0.25) is 5.91 Å². The van der Waals surface area contributed by atoms with Crippen molar-refractivity contribution in [1.29, 1.82) is 0 Å². The van der Waals surface area contributed by atoms with Crippen molar-refractivity contribution in [3.8, 4) is 0 Å². The van der Waals surface area contributed by atoms with Crippen molar-refractivity contribution in [3.05, 3.63) is 24.3 Å². The van der Waals surface area contributed by atoms with Crippen LogP contribution in [-0.2, 0) is 23.9 Å². The summed E-state index contributed by atoms with van der Waals surface area (Å²) in [6.45, 7) is 8.47. The zero-order valence-corrected chi connectivity index (χ0v) is 27.7. The van der Waals surface area contributed by atoms with Gasteiger partial charge in [0, 0.05) is 32.9 Å². The predicted octanol–water partition coefficient (Wildman–Crippen LogP) is 9.66. The average molecular weight is 592 g/mol. The minimum Gasteiger partial charge on any atom is -0.461 e. The quantitative estimate of drug-likeness (QED) is 0.0472. The van der Waals surface area contributed by atoms with Gasteiger partial charge in [0.25, 0.3) is 0 Å². The van der Waals surface area contributed by atoms with Gasteiger partial charge in [-0.05, 0) is 51.4 Å². The van der Waals surface area contributed by atoms with E-state index in [1.165, 1.54) is 51.4 Å². The Labute approximate surface area is 259 Å². The highest BCUT2D eigenvalue weighted by Gasteiger charge is 2.08. The third kappa shape index (κ3) is 29.4. The van der Waals surface area contributed by atoms with Crippen LogP contribution in [0, 0.1) is 0 Å². The minimum absolute atomic E-state index is 0.107. The number of ether oxygens (including phenoxy) is 2. The Balaban J connectivity index is 3.64. The molecule has 0 aromatic carbocycles. The zero-order valence-electron chi connectivity index (χ0n) is 27.7. The molecule has 0 saturated heterocycles. The normalized spacial score (nSPS) is 11.4. The molecule has 0 atom stereocenters. The van der Waals surface area contributed by atoms with Crippen molar-refractivity contribution in [3.63, 3.8) is 0 Å². The second kappa shape index (κ2) is 31.8. The standard InChI is InChI=1S/C36H65NO5/c1-4-6-8-10-12-20-26-32-41-35(39)28-22-16-14-18-24-30-37(34(3)38)31-25-19-15-17-23-29-36(40)42-33-27-21-13-11-9-7-5-2/h20-21,26-27H,4-19,22-25,28-33H2,1-3H3/b26-20-,27-21-. The van der Waals surface area contributed by atoms with E-state index < -0.39 is 0 Å². The number of unbranched alkanes of at least 4 members (excludes halogenated alkanes) is 16. The highest BCUT2D eigenvalue weighted by atomic mass is 16.5. The monoisotopic (exact) mass is 591 g/mol. The van der Waals surface area contributed by atoms with Gasteiger partial charge in [0.15, 0.2) is 0 Å². The molecule has 0 aliphatic rings. The molecule has 0 aromatic rings. The van der Waals surface area contributed by atoms with Crippen molar-refractivity contribution < 1.29 is 23.9 Å². The lowest BCUT2D eigenvalue weighted by atomic mass is 10.1. The van der Waals surface area contributed by atoms with Gasteiger partial charge in [-0.25, -0.2) is 0 Å². The van der Waals surface area contributed by atoms with Gasteiger partial charge >= 0.3 is 11.9 Å². The van der Waals surface area contributed by atoms with E-state index in [4.69, 9.17) is 9.47 Å². The molecule has 0 fully saturated rings. The maximum absolute atomic E-state index is 12.0. The van der Waals surface area contributed by atoms with Crippen LogP contribution in [0.5, 0.6) is 0 Å². The molecular formula is C36H65NO5. The van der Waals surface area contributed by atoms with Crippen LogP contribution in [0.4, 0.5) is 0 Å². The average Bonchev–Trinajstić information content (AvgIpc) is 2.97. The maximum Gasteiger partial charge on any atom is 0.306 e. The summed E-state index contributed by atoms with van der Waals surface area (Å²) in [7, 11) is 0. The first-order valence-electron chi connectivity index (χ1n) is 17.4. The molecule has 0 bridgehead atoms. The van der Waals surface area contributed by atoms with Crippen LogP contribution in [0.1, 0.15) is 162 Å². The fourth-order valence-corrected chi connectivity index (χ4v) is 4.81. The fourth-order valence-electron chi connectivity index (χ4n) is 4.81. The Morgan fingerprint density at radius 1 is 0.500 bits per heavy atom. The highest BCUT2D eigenvalue weighted by Crippen LogP contribution is 2.11. The van der Waals surface area contributed by atoms with E-state index in [-0.39, 0.29) is 17.8 Å². The molecule has 0 rings (SSSR count). The number of carbonyl (C=O) groups is 3. The maximum atomic E-state index is 12.0. The van der Waals surface area contributed by atoms with Crippen molar-refractivity contribution >= 4 is 17.8 Å². The number of nitrogens with zero attached hydrogens (tertiary/aromatic N) is 1. The van der Waals surface area contributed by atoms with E-state index in [1.54, 1.807) is 6.92 Å². The summed E-state index contributed by atoms with van der Waals surface area (Å²) in [4.78, 5) is 37.7. The van der Waals surface area contributed by atoms with Gasteiger partial charge in [-0.15, -0.1) is 0 Å². The number of hydrogen-bond donors (Lipinski definition) is 0. The third-order valence-corrected chi connectivity index (χ3v) is 7.53. The van der Waals surface area contributed by atoms with Crippen molar-refractivity contribution in [2.45, 2.75) is 162 Å². The van der Waals surface area contributed by atoms with Crippen LogP contribution in [0.25, 0.3) is 0 Å². The number of allylic oxidation sites excluding steroid dienone is 2. The minimum atomic E-state index is -0.107. The molecule has 0 radical (unpaired) electrons. The number of hydrogen-bond acceptors (Lipinski definition) is 5. The second-order valence-corrected chi connectivity index (χ2v) is 11.5. The summed E-state index contributed by atoms with van der Waals surface area (Å²) in [5.41, 5.74) is 0. The molecule has 0 aromatic heterocycles. The topological polar surface area (TPSA) is 72.9 Å². The molecule has 244 valence electrons. The van der Waals surface area contributed by atoms with Gasteiger partial charge in [0.05, 0.1) is 0 Å². The Kier molecular flexibility index (Phi) is 30.2. The summed E-state index contributed by atoms with van der Waals surface area (Å²) in [5, 5.41) is 0. The van der Waals surface area contributed by atoms with Gasteiger partial charge in [-0.1, -0.05) is 115 Å². The zero-order chi connectivity index (χ0) is 30.9. The Morgan fingerprint density at radius 3 is 1.29 bits per heavy atom. The van der Waals surface area contributed by atoms with Crippen LogP contribution in [0.15, 0.2) is 24.3 Å². The summed E-state index contributed by atoms with van der Waals surface area (Å²) >= 11 is 0. The lowest BCUT2D eigenvalue weighted by Gasteiger charge is -2.21. The van der Waals surface area contributed by atoms with E-state index in [1.807, 2.05) is 17.1 Å².